The van der Waals surface area contributed by atoms with Crippen molar-refractivity contribution in [3.05, 3.63) is 88.2 Å². The van der Waals surface area contributed by atoms with Crippen LogP contribution >= 0.6 is 0 Å². The number of aromatic amines is 1. The Bertz CT molecular complexity index is 1340. The first kappa shape index (κ1) is 14.4. The lowest BCUT2D eigenvalue weighted by atomic mass is 10.1. The number of hydrogen-bond acceptors (Lipinski definition) is 3. The largest absolute Gasteiger partial charge is 0.365 e. The van der Waals surface area contributed by atoms with E-state index >= 15 is 0 Å². The second kappa shape index (κ2) is 7.15. The Labute approximate surface area is 166 Å². The van der Waals surface area contributed by atoms with E-state index in [0.717, 1.165) is 22.3 Å². The van der Waals surface area contributed by atoms with Crippen LogP contribution < -0.4 is 10.9 Å². The summed E-state index contributed by atoms with van der Waals surface area (Å²) < 4.78 is 23.0. The van der Waals surface area contributed by atoms with E-state index < -0.39 is 12.9 Å². The average Bonchev–Trinajstić information content (AvgIpc) is 3.15. The highest BCUT2D eigenvalue weighted by Gasteiger charge is 2.10. The number of carbonyl (C=O) groups is 1. The molecule has 3 aromatic heterocycles. The van der Waals surface area contributed by atoms with Crippen LogP contribution in [0.25, 0.3) is 22.0 Å². The molecule has 0 bridgehead atoms. The van der Waals surface area contributed by atoms with E-state index in [0.29, 0.717) is 10.9 Å². The van der Waals surface area contributed by atoms with Crippen molar-refractivity contribution in [3.63, 3.8) is 0 Å². The summed E-state index contributed by atoms with van der Waals surface area (Å²) in [6.07, 6.45) is 5.13. The summed E-state index contributed by atoms with van der Waals surface area (Å²) in [5, 5.41) is 3.25. The molecule has 0 aliphatic carbocycles. The summed E-state index contributed by atoms with van der Waals surface area (Å²) in [5.74, 6) is -0.690. The molecular formula is C22H20N4O2. The molecule has 0 fully saturated rings. The minimum atomic E-state index is -2.56. The SMILES string of the molecule is [2H]C([2H])([2H])NC(=O)c1cccc(Cn2ccc3cc(-c4cc[nH]c4C)ncc3c2=O)c1. The van der Waals surface area contributed by atoms with Gasteiger partial charge in [0.25, 0.3) is 11.5 Å². The van der Waals surface area contributed by atoms with Crippen molar-refractivity contribution in [2.75, 3.05) is 6.98 Å². The normalized spacial score (nSPS) is 13.0. The Morgan fingerprint density at radius 3 is 2.96 bits per heavy atom. The predicted molar refractivity (Wildman–Crippen MR) is 109 cm³/mol. The zero-order valence-corrected chi connectivity index (χ0v) is 15.2. The highest BCUT2D eigenvalue weighted by Crippen LogP contribution is 2.23. The lowest BCUT2D eigenvalue weighted by Gasteiger charge is -2.09. The second-order valence-corrected chi connectivity index (χ2v) is 6.58. The molecule has 4 aromatic rings. The molecule has 28 heavy (non-hydrogen) atoms. The molecule has 1 aromatic carbocycles. The van der Waals surface area contributed by atoms with Crippen LogP contribution in [0.5, 0.6) is 0 Å². The molecule has 140 valence electrons. The molecule has 0 saturated heterocycles. The van der Waals surface area contributed by atoms with Gasteiger partial charge in [-0.25, -0.2) is 0 Å². The summed E-state index contributed by atoms with van der Waals surface area (Å²) in [6, 6.07) is 12.2. The first-order chi connectivity index (χ1) is 14.7. The van der Waals surface area contributed by atoms with Gasteiger partial charge in [-0.05, 0) is 48.2 Å². The molecule has 6 heteroatoms. The van der Waals surface area contributed by atoms with E-state index in [1.165, 1.54) is 10.6 Å². The summed E-state index contributed by atoms with van der Waals surface area (Å²) in [5.41, 5.74) is 3.50. The Morgan fingerprint density at radius 1 is 1.29 bits per heavy atom. The number of nitrogens with zero attached hydrogens (tertiary/aromatic N) is 2. The van der Waals surface area contributed by atoms with Gasteiger partial charge in [0.1, 0.15) is 0 Å². The van der Waals surface area contributed by atoms with Gasteiger partial charge in [-0.2, -0.15) is 0 Å². The van der Waals surface area contributed by atoms with Gasteiger partial charge in [-0.1, -0.05) is 12.1 Å². The number of amides is 1. The lowest BCUT2D eigenvalue weighted by molar-refractivity contribution is 0.0963. The molecule has 3 heterocycles. The number of H-pyrrole nitrogens is 1. The van der Waals surface area contributed by atoms with Crippen molar-refractivity contribution in [2.24, 2.45) is 0 Å². The minimum Gasteiger partial charge on any atom is -0.365 e. The van der Waals surface area contributed by atoms with Crippen LogP contribution in [0.3, 0.4) is 0 Å². The number of benzene rings is 1. The summed E-state index contributed by atoms with van der Waals surface area (Å²) in [4.78, 5) is 32.7. The standard InChI is InChI=1S/C22H20N4O2/c1-14-18(6-8-24-14)20-11-16-7-9-26(22(28)19(16)12-25-20)13-15-4-3-5-17(10-15)21(27)23-2/h3-12,24H,13H2,1-2H3,(H,23,27)/i2D3. The Kier molecular flexibility index (Phi) is 3.68. The van der Waals surface area contributed by atoms with Gasteiger partial charge in [0.2, 0.25) is 0 Å². The summed E-state index contributed by atoms with van der Waals surface area (Å²) in [6.45, 7) is -0.360. The third kappa shape index (κ3) is 3.20. The van der Waals surface area contributed by atoms with Crippen molar-refractivity contribution in [1.82, 2.24) is 19.9 Å². The smallest absolute Gasteiger partial charge is 0.260 e. The molecule has 1 amide bonds. The van der Waals surface area contributed by atoms with E-state index in [2.05, 4.69) is 9.97 Å². The number of fused-ring (bicyclic) bond motifs is 1. The molecule has 0 aliphatic heterocycles. The van der Waals surface area contributed by atoms with Gasteiger partial charge in [0.15, 0.2) is 0 Å². The molecule has 0 unspecified atom stereocenters. The van der Waals surface area contributed by atoms with Crippen molar-refractivity contribution < 1.29 is 8.91 Å². The third-order valence-corrected chi connectivity index (χ3v) is 4.75. The number of aryl methyl sites for hydroxylation is 1. The van der Waals surface area contributed by atoms with Crippen LogP contribution in [0.1, 0.15) is 25.7 Å². The van der Waals surface area contributed by atoms with E-state index in [-0.39, 0.29) is 17.7 Å². The Hall–Kier alpha value is -3.67. The average molecular weight is 375 g/mol. The van der Waals surface area contributed by atoms with Crippen LogP contribution in [0.2, 0.25) is 0 Å². The highest BCUT2D eigenvalue weighted by molar-refractivity contribution is 5.94. The number of pyridine rings is 2. The number of hydrogen-bond donors (Lipinski definition) is 2. The van der Waals surface area contributed by atoms with Crippen LogP contribution in [-0.4, -0.2) is 27.4 Å². The third-order valence-electron chi connectivity index (χ3n) is 4.75. The number of nitrogens with one attached hydrogen (secondary N) is 2. The molecule has 0 atom stereocenters. The molecule has 2 N–H and O–H groups in total. The molecule has 0 saturated carbocycles. The zero-order chi connectivity index (χ0) is 22.2. The van der Waals surface area contributed by atoms with Gasteiger partial charge < -0.3 is 14.9 Å². The molecular weight excluding hydrogens is 352 g/mol. The highest BCUT2D eigenvalue weighted by atomic mass is 16.1. The fourth-order valence-electron chi connectivity index (χ4n) is 3.26. The first-order valence-electron chi connectivity index (χ1n) is 10.3. The van der Waals surface area contributed by atoms with Crippen LogP contribution in [0, 0.1) is 6.92 Å². The second-order valence-electron chi connectivity index (χ2n) is 6.58. The van der Waals surface area contributed by atoms with Crippen LogP contribution in [0.15, 0.2) is 65.8 Å². The maximum absolute atomic E-state index is 13.0. The summed E-state index contributed by atoms with van der Waals surface area (Å²) in [7, 11) is 0. The Morgan fingerprint density at radius 2 is 2.18 bits per heavy atom. The number of rotatable bonds is 4. The van der Waals surface area contributed by atoms with Gasteiger partial charge in [-0.3, -0.25) is 14.6 Å². The van der Waals surface area contributed by atoms with E-state index in [4.69, 9.17) is 4.11 Å². The topological polar surface area (TPSA) is 79.8 Å². The minimum absolute atomic E-state index is 0.195. The van der Waals surface area contributed by atoms with E-state index in [9.17, 15) is 9.59 Å². The predicted octanol–water partition coefficient (Wildman–Crippen LogP) is 3.11. The quantitative estimate of drug-likeness (QED) is 0.575. The maximum Gasteiger partial charge on any atom is 0.260 e. The fourth-order valence-corrected chi connectivity index (χ4v) is 3.26. The number of aromatic nitrogens is 3. The van der Waals surface area contributed by atoms with Gasteiger partial charge >= 0.3 is 0 Å². The van der Waals surface area contributed by atoms with Crippen molar-refractivity contribution in [1.29, 1.82) is 0 Å². The maximum atomic E-state index is 13.0. The first-order valence-corrected chi connectivity index (χ1v) is 8.76. The van der Waals surface area contributed by atoms with Gasteiger partial charge in [-0.15, -0.1) is 0 Å². The van der Waals surface area contributed by atoms with Crippen molar-refractivity contribution in [3.8, 4) is 11.3 Å². The molecule has 0 spiro atoms. The molecule has 0 aliphatic rings. The van der Waals surface area contributed by atoms with Gasteiger partial charge in [0.05, 0.1) is 17.6 Å². The van der Waals surface area contributed by atoms with Crippen molar-refractivity contribution in [2.45, 2.75) is 13.5 Å². The monoisotopic (exact) mass is 375 g/mol. The zero-order valence-electron chi connectivity index (χ0n) is 18.2. The Balaban J connectivity index is 1.63. The van der Waals surface area contributed by atoms with Crippen LogP contribution in [0.4, 0.5) is 0 Å². The van der Waals surface area contributed by atoms with E-state index in [1.807, 2.05) is 36.6 Å². The molecule has 4 rings (SSSR count). The van der Waals surface area contributed by atoms with E-state index in [1.54, 1.807) is 30.6 Å². The van der Waals surface area contributed by atoms with Gasteiger partial charge in [0, 0.05) is 46.5 Å². The fraction of sp³-hybridized carbons (Fsp3) is 0.136. The molecule has 0 radical (unpaired) electrons. The lowest BCUT2D eigenvalue weighted by Crippen LogP contribution is -2.21. The number of carbonyl (C=O) groups excluding carboxylic acids is 1. The van der Waals surface area contributed by atoms with Crippen molar-refractivity contribution >= 4 is 16.7 Å². The summed E-state index contributed by atoms with van der Waals surface area (Å²) >= 11 is 0. The van der Waals surface area contributed by atoms with Crippen LogP contribution in [-0.2, 0) is 6.54 Å². The molecule has 6 nitrogen and oxygen atoms in total.